The number of aromatic carboxylic acids is 1. The number of hydrogen-bond acceptors (Lipinski definition) is 5. The molecule has 0 amide bonds. The van der Waals surface area contributed by atoms with Gasteiger partial charge in [0.25, 0.3) is 0 Å². The maximum Gasteiger partial charge on any atom is 0.355 e. The largest absolute Gasteiger partial charge is 0.486 e. The molecule has 1 N–H and O–H groups in total. The Morgan fingerprint density at radius 3 is 2.56 bits per heavy atom. The number of thiazole rings is 1. The minimum absolute atomic E-state index is 0.0497. The van der Waals surface area contributed by atoms with Crippen LogP contribution in [0.1, 0.15) is 21.1 Å². The Labute approximate surface area is 149 Å². The van der Waals surface area contributed by atoms with Gasteiger partial charge in [0.05, 0.1) is 6.61 Å². The van der Waals surface area contributed by atoms with Gasteiger partial charge in [0.15, 0.2) is 5.69 Å². The monoisotopic (exact) mass is 355 g/mol. The van der Waals surface area contributed by atoms with Crippen LogP contribution in [0.15, 0.2) is 53.9 Å². The van der Waals surface area contributed by atoms with Crippen molar-refractivity contribution < 1.29 is 19.4 Å². The van der Waals surface area contributed by atoms with Crippen LogP contribution in [0.4, 0.5) is 0 Å². The highest BCUT2D eigenvalue weighted by atomic mass is 32.1. The van der Waals surface area contributed by atoms with Crippen LogP contribution in [-0.2, 0) is 18.0 Å². The summed E-state index contributed by atoms with van der Waals surface area (Å²) in [7, 11) is 1.68. The molecule has 0 aliphatic heterocycles. The molecule has 0 aliphatic rings. The van der Waals surface area contributed by atoms with Gasteiger partial charge in [-0.3, -0.25) is 0 Å². The number of methoxy groups -OCH3 is 1. The van der Waals surface area contributed by atoms with Gasteiger partial charge >= 0.3 is 5.97 Å². The maximum absolute atomic E-state index is 10.8. The van der Waals surface area contributed by atoms with Gasteiger partial charge in [0, 0.05) is 12.5 Å². The molecule has 2 aromatic carbocycles. The highest BCUT2D eigenvalue weighted by Crippen LogP contribution is 2.26. The second kappa shape index (κ2) is 7.92. The second-order valence-corrected chi connectivity index (χ2v) is 6.28. The van der Waals surface area contributed by atoms with Crippen LogP contribution < -0.4 is 4.74 Å². The van der Waals surface area contributed by atoms with E-state index in [4.69, 9.17) is 14.6 Å². The number of nitrogens with zero attached hydrogens (tertiary/aromatic N) is 1. The number of ether oxygens (including phenoxy) is 2. The quantitative estimate of drug-likeness (QED) is 0.687. The van der Waals surface area contributed by atoms with Gasteiger partial charge in [-0.1, -0.05) is 36.4 Å². The SMILES string of the molecule is COCc1ccccc1-c1ccc(OCc2nc(C(=O)O)cs2)cc1. The summed E-state index contributed by atoms with van der Waals surface area (Å²) in [4.78, 5) is 14.8. The normalized spacial score (nSPS) is 10.6. The first-order chi connectivity index (χ1) is 12.2. The van der Waals surface area contributed by atoms with Gasteiger partial charge in [-0.2, -0.15) is 0 Å². The van der Waals surface area contributed by atoms with Crippen molar-refractivity contribution in [2.45, 2.75) is 13.2 Å². The third-order valence-electron chi connectivity index (χ3n) is 3.62. The van der Waals surface area contributed by atoms with Crippen LogP contribution in [0.2, 0.25) is 0 Å². The fraction of sp³-hybridized carbons (Fsp3) is 0.158. The predicted octanol–water partition coefficient (Wildman–Crippen LogP) is 4.23. The van der Waals surface area contributed by atoms with Gasteiger partial charge in [-0.15, -0.1) is 11.3 Å². The van der Waals surface area contributed by atoms with Crippen LogP contribution >= 0.6 is 11.3 Å². The predicted molar refractivity (Wildman–Crippen MR) is 96.0 cm³/mol. The van der Waals surface area contributed by atoms with Crippen LogP contribution in [0, 0.1) is 0 Å². The average molecular weight is 355 g/mol. The number of rotatable bonds is 7. The van der Waals surface area contributed by atoms with Crippen LogP contribution in [0.3, 0.4) is 0 Å². The summed E-state index contributed by atoms with van der Waals surface area (Å²) in [6, 6.07) is 15.9. The van der Waals surface area contributed by atoms with Crippen molar-refractivity contribution in [2.24, 2.45) is 0 Å². The van der Waals surface area contributed by atoms with Crippen molar-refractivity contribution >= 4 is 17.3 Å². The second-order valence-electron chi connectivity index (χ2n) is 5.33. The van der Waals surface area contributed by atoms with E-state index in [0.29, 0.717) is 17.4 Å². The molecular weight excluding hydrogens is 338 g/mol. The lowest BCUT2D eigenvalue weighted by Gasteiger charge is -2.10. The summed E-state index contributed by atoms with van der Waals surface area (Å²) in [6.45, 7) is 0.807. The van der Waals surface area contributed by atoms with Crippen LogP contribution in [-0.4, -0.2) is 23.2 Å². The molecule has 0 bridgehead atoms. The van der Waals surface area contributed by atoms with Crippen molar-refractivity contribution in [2.75, 3.05) is 7.11 Å². The minimum Gasteiger partial charge on any atom is -0.486 e. The van der Waals surface area contributed by atoms with E-state index >= 15 is 0 Å². The van der Waals surface area contributed by atoms with E-state index in [-0.39, 0.29) is 12.3 Å². The Balaban J connectivity index is 1.69. The van der Waals surface area contributed by atoms with Gasteiger partial charge in [-0.25, -0.2) is 9.78 Å². The Bertz CT molecular complexity index is 858. The number of carbonyl (C=O) groups is 1. The molecule has 0 fully saturated rings. The Morgan fingerprint density at radius 2 is 1.88 bits per heavy atom. The molecule has 1 heterocycles. The van der Waals surface area contributed by atoms with Crippen molar-refractivity contribution in [1.29, 1.82) is 0 Å². The van der Waals surface area contributed by atoms with Crippen molar-refractivity contribution in [1.82, 2.24) is 4.98 Å². The standard InChI is InChI=1S/C19H17NO4S/c1-23-10-14-4-2-3-5-16(14)13-6-8-15(9-7-13)24-11-18-20-17(12-25-18)19(21)22/h2-9,12H,10-11H2,1H3,(H,21,22). The molecule has 0 unspecified atom stereocenters. The molecule has 0 aliphatic carbocycles. The van der Waals surface area contributed by atoms with E-state index in [1.54, 1.807) is 7.11 Å². The molecule has 3 aromatic rings. The molecule has 6 heteroatoms. The zero-order valence-corrected chi connectivity index (χ0v) is 14.5. The van der Waals surface area contributed by atoms with Gasteiger partial charge in [0.2, 0.25) is 0 Å². The third-order valence-corrected chi connectivity index (χ3v) is 4.44. The van der Waals surface area contributed by atoms with Crippen molar-refractivity contribution in [3.8, 4) is 16.9 Å². The summed E-state index contributed by atoms with van der Waals surface area (Å²) >= 11 is 1.27. The lowest BCUT2D eigenvalue weighted by atomic mass is 10.0. The molecule has 0 saturated carbocycles. The number of hydrogen-bond donors (Lipinski definition) is 1. The maximum atomic E-state index is 10.8. The average Bonchev–Trinajstić information content (AvgIpc) is 3.11. The number of carboxylic acids is 1. The molecule has 128 valence electrons. The van der Waals surface area contributed by atoms with Crippen molar-refractivity contribution in [3.05, 3.63) is 70.2 Å². The van der Waals surface area contributed by atoms with Gasteiger partial charge in [-0.05, 0) is 28.8 Å². The Kier molecular flexibility index (Phi) is 5.42. The molecular formula is C19H17NO4S. The van der Waals surface area contributed by atoms with Crippen LogP contribution in [0.25, 0.3) is 11.1 Å². The fourth-order valence-electron chi connectivity index (χ4n) is 2.43. The minimum atomic E-state index is -1.03. The van der Waals surface area contributed by atoms with E-state index in [9.17, 15) is 4.79 Å². The summed E-state index contributed by atoms with van der Waals surface area (Å²) in [6.07, 6.45) is 0. The molecule has 1 aromatic heterocycles. The Morgan fingerprint density at radius 1 is 1.12 bits per heavy atom. The Hall–Kier alpha value is -2.70. The smallest absolute Gasteiger partial charge is 0.355 e. The zero-order valence-electron chi connectivity index (χ0n) is 13.6. The van der Waals surface area contributed by atoms with E-state index in [0.717, 1.165) is 16.7 Å². The summed E-state index contributed by atoms with van der Waals surface area (Å²) in [5.74, 6) is -0.318. The molecule has 0 radical (unpaired) electrons. The summed E-state index contributed by atoms with van der Waals surface area (Å²) in [5.41, 5.74) is 3.39. The number of aromatic nitrogens is 1. The van der Waals surface area contributed by atoms with Crippen LogP contribution in [0.5, 0.6) is 5.75 Å². The summed E-state index contributed by atoms with van der Waals surface area (Å²) < 4.78 is 10.9. The first kappa shape index (κ1) is 17.1. The molecule has 0 spiro atoms. The van der Waals surface area contributed by atoms with Crippen molar-refractivity contribution in [3.63, 3.8) is 0 Å². The summed E-state index contributed by atoms with van der Waals surface area (Å²) in [5, 5.41) is 11.0. The van der Waals surface area contributed by atoms with Gasteiger partial charge in [0.1, 0.15) is 17.4 Å². The zero-order chi connectivity index (χ0) is 17.6. The van der Waals surface area contributed by atoms with E-state index < -0.39 is 5.97 Å². The lowest BCUT2D eigenvalue weighted by molar-refractivity contribution is 0.0691. The molecule has 5 nitrogen and oxygen atoms in total. The molecule has 3 rings (SSSR count). The third kappa shape index (κ3) is 4.23. The molecule has 0 atom stereocenters. The highest BCUT2D eigenvalue weighted by Gasteiger charge is 2.09. The number of carboxylic acid groups (broad SMARTS) is 1. The van der Waals surface area contributed by atoms with E-state index in [1.807, 2.05) is 42.5 Å². The topological polar surface area (TPSA) is 68.7 Å². The molecule has 0 saturated heterocycles. The lowest BCUT2D eigenvalue weighted by Crippen LogP contribution is -1.99. The first-order valence-corrected chi connectivity index (χ1v) is 8.53. The highest BCUT2D eigenvalue weighted by molar-refractivity contribution is 7.09. The number of benzene rings is 2. The first-order valence-electron chi connectivity index (χ1n) is 7.65. The fourth-order valence-corrected chi connectivity index (χ4v) is 3.11. The van der Waals surface area contributed by atoms with E-state index in [2.05, 4.69) is 11.1 Å². The van der Waals surface area contributed by atoms with E-state index in [1.165, 1.54) is 16.7 Å². The molecule has 25 heavy (non-hydrogen) atoms. The van der Waals surface area contributed by atoms with Gasteiger partial charge < -0.3 is 14.6 Å².